The number of carbonyl (C=O) groups is 1. The van der Waals surface area contributed by atoms with Gasteiger partial charge < -0.3 is 4.74 Å². The van der Waals surface area contributed by atoms with Crippen LogP contribution in [0.3, 0.4) is 0 Å². The molecule has 2 aromatic rings. The van der Waals surface area contributed by atoms with Gasteiger partial charge in [-0.25, -0.2) is 4.79 Å². The maximum atomic E-state index is 11.8. The number of non-ortho nitro benzene ring substituents is 1. The minimum Gasteiger partial charge on any atom is -0.457 e. The van der Waals surface area contributed by atoms with Crippen molar-refractivity contribution in [3.05, 3.63) is 73.8 Å². The van der Waals surface area contributed by atoms with Gasteiger partial charge in [-0.05, 0) is 35.9 Å². The molecule has 21 heavy (non-hydrogen) atoms. The van der Waals surface area contributed by atoms with Gasteiger partial charge in [-0.2, -0.15) is 0 Å². The lowest BCUT2D eigenvalue weighted by Crippen LogP contribution is -2.05. The number of nitro groups is 1. The Bertz CT molecular complexity index is 686. The van der Waals surface area contributed by atoms with E-state index in [0.717, 1.165) is 0 Å². The van der Waals surface area contributed by atoms with E-state index in [4.69, 9.17) is 27.9 Å². The number of hydrogen-bond donors (Lipinski definition) is 0. The van der Waals surface area contributed by atoms with Gasteiger partial charge in [-0.15, -0.1) is 0 Å². The summed E-state index contributed by atoms with van der Waals surface area (Å²) in [5.41, 5.74) is 0.912. The van der Waals surface area contributed by atoms with Crippen molar-refractivity contribution in [2.75, 3.05) is 0 Å². The normalized spacial score (nSPS) is 10.2. The number of halogens is 2. The third kappa shape index (κ3) is 3.93. The van der Waals surface area contributed by atoms with E-state index in [2.05, 4.69) is 0 Å². The molecular formula is C14H9Cl2NO4. The average Bonchev–Trinajstić information content (AvgIpc) is 2.48. The van der Waals surface area contributed by atoms with E-state index in [1.165, 1.54) is 42.5 Å². The predicted molar refractivity (Wildman–Crippen MR) is 78.7 cm³/mol. The molecule has 0 radical (unpaired) electrons. The van der Waals surface area contributed by atoms with Crippen LogP contribution in [0.25, 0.3) is 0 Å². The Balaban J connectivity index is 2.00. The Morgan fingerprint density at radius 2 is 1.76 bits per heavy atom. The highest BCUT2D eigenvalue weighted by Crippen LogP contribution is 2.23. The molecule has 0 saturated heterocycles. The minimum absolute atomic E-state index is 0.0110. The van der Waals surface area contributed by atoms with Gasteiger partial charge in [-0.3, -0.25) is 10.1 Å². The van der Waals surface area contributed by atoms with Crippen LogP contribution >= 0.6 is 23.2 Å². The lowest BCUT2D eigenvalue weighted by Gasteiger charge is -2.05. The van der Waals surface area contributed by atoms with E-state index in [0.29, 0.717) is 10.6 Å². The third-order valence-electron chi connectivity index (χ3n) is 2.67. The van der Waals surface area contributed by atoms with Crippen molar-refractivity contribution in [1.29, 1.82) is 0 Å². The molecule has 0 fully saturated rings. The molecule has 0 atom stereocenters. The topological polar surface area (TPSA) is 69.4 Å². The molecule has 0 aliphatic rings. The Morgan fingerprint density at radius 1 is 1.10 bits per heavy atom. The van der Waals surface area contributed by atoms with Gasteiger partial charge in [-0.1, -0.05) is 23.2 Å². The van der Waals surface area contributed by atoms with Crippen LogP contribution in [-0.2, 0) is 11.3 Å². The molecule has 0 N–H and O–H groups in total. The Hall–Kier alpha value is -2.11. The van der Waals surface area contributed by atoms with Crippen LogP contribution in [0.1, 0.15) is 15.9 Å². The van der Waals surface area contributed by atoms with Crippen molar-refractivity contribution < 1.29 is 14.5 Å². The summed E-state index contributed by atoms with van der Waals surface area (Å²) in [5, 5.41) is 11.1. The number of esters is 1. The predicted octanol–water partition coefficient (Wildman–Crippen LogP) is 4.26. The molecule has 108 valence electrons. The summed E-state index contributed by atoms with van der Waals surface area (Å²) in [6.07, 6.45) is 0. The third-order valence-corrected chi connectivity index (χ3v) is 3.41. The molecule has 0 aromatic heterocycles. The summed E-state index contributed by atoms with van der Waals surface area (Å²) in [6, 6.07) is 10.2. The fourth-order valence-corrected chi connectivity index (χ4v) is 1.87. The Morgan fingerprint density at radius 3 is 2.33 bits per heavy atom. The van der Waals surface area contributed by atoms with Crippen molar-refractivity contribution in [1.82, 2.24) is 0 Å². The van der Waals surface area contributed by atoms with Crippen LogP contribution < -0.4 is 0 Å². The first-order chi connectivity index (χ1) is 9.97. The molecule has 0 aliphatic heterocycles. The molecule has 0 aliphatic carbocycles. The smallest absolute Gasteiger partial charge is 0.338 e. The fraction of sp³-hybridized carbons (Fsp3) is 0.0714. The molecule has 0 heterocycles. The highest BCUT2D eigenvalue weighted by atomic mass is 35.5. The first kappa shape index (κ1) is 15.3. The van der Waals surface area contributed by atoms with Gasteiger partial charge in [0, 0.05) is 12.1 Å². The van der Waals surface area contributed by atoms with E-state index in [9.17, 15) is 14.9 Å². The van der Waals surface area contributed by atoms with Crippen molar-refractivity contribution in [3.63, 3.8) is 0 Å². The first-order valence-electron chi connectivity index (χ1n) is 5.83. The number of ether oxygens (including phenoxy) is 1. The molecule has 7 heteroatoms. The van der Waals surface area contributed by atoms with Crippen molar-refractivity contribution >= 4 is 34.9 Å². The van der Waals surface area contributed by atoms with E-state index >= 15 is 0 Å². The molecule has 2 aromatic carbocycles. The summed E-state index contributed by atoms with van der Waals surface area (Å²) < 4.78 is 5.10. The maximum absolute atomic E-state index is 11.8. The standard InChI is InChI=1S/C14H9Cl2NO4/c15-12-6-3-10(7-13(12)16)14(18)21-8-9-1-4-11(5-2-9)17(19)20/h1-7H,8H2. The monoisotopic (exact) mass is 325 g/mol. The zero-order valence-electron chi connectivity index (χ0n) is 10.6. The van der Waals surface area contributed by atoms with Gasteiger partial charge in [0.1, 0.15) is 6.61 Å². The van der Waals surface area contributed by atoms with Crippen LogP contribution in [0.15, 0.2) is 42.5 Å². The van der Waals surface area contributed by atoms with Crippen LogP contribution in [0.2, 0.25) is 10.0 Å². The summed E-state index contributed by atoms with van der Waals surface area (Å²) in [5.74, 6) is -0.549. The van der Waals surface area contributed by atoms with Crippen molar-refractivity contribution in [2.45, 2.75) is 6.61 Å². The van der Waals surface area contributed by atoms with Crippen LogP contribution in [-0.4, -0.2) is 10.9 Å². The number of nitro benzene ring substituents is 1. The largest absolute Gasteiger partial charge is 0.457 e. The van der Waals surface area contributed by atoms with E-state index in [1.807, 2.05) is 0 Å². The molecule has 2 rings (SSSR count). The second kappa shape index (κ2) is 6.56. The summed E-state index contributed by atoms with van der Waals surface area (Å²) in [7, 11) is 0. The zero-order valence-corrected chi connectivity index (χ0v) is 12.1. The molecular weight excluding hydrogens is 317 g/mol. The van der Waals surface area contributed by atoms with Gasteiger partial charge >= 0.3 is 5.97 Å². The Labute approximate surface area is 130 Å². The van der Waals surface area contributed by atoms with Crippen molar-refractivity contribution in [3.8, 4) is 0 Å². The summed E-state index contributed by atoms with van der Waals surface area (Å²) >= 11 is 11.6. The molecule has 0 spiro atoms. The Kier molecular flexibility index (Phi) is 4.77. The van der Waals surface area contributed by atoms with E-state index in [1.54, 1.807) is 0 Å². The second-order valence-corrected chi connectivity index (χ2v) is 4.94. The van der Waals surface area contributed by atoms with Gasteiger partial charge in [0.2, 0.25) is 0 Å². The molecule has 0 amide bonds. The van der Waals surface area contributed by atoms with Gasteiger partial charge in [0.15, 0.2) is 0 Å². The van der Waals surface area contributed by atoms with Crippen LogP contribution in [0.5, 0.6) is 0 Å². The van der Waals surface area contributed by atoms with Crippen molar-refractivity contribution in [2.24, 2.45) is 0 Å². The SMILES string of the molecule is O=C(OCc1ccc([N+](=O)[O-])cc1)c1ccc(Cl)c(Cl)c1. The van der Waals surface area contributed by atoms with E-state index < -0.39 is 10.9 Å². The maximum Gasteiger partial charge on any atom is 0.338 e. The quantitative estimate of drug-likeness (QED) is 0.478. The first-order valence-corrected chi connectivity index (χ1v) is 6.58. The lowest BCUT2D eigenvalue weighted by atomic mass is 10.2. The van der Waals surface area contributed by atoms with Gasteiger partial charge in [0.05, 0.1) is 20.5 Å². The number of benzene rings is 2. The highest BCUT2D eigenvalue weighted by Gasteiger charge is 2.10. The number of carbonyl (C=O) groups excluding carboxylic acids is 1. The molecule has 0 unspecified atom stereocenters. The molecule has 5 nitrogen and oxygen atoms in total. The number of hydrogen-bond acceptors (Lipinski definition) is 4. The van der Waals surface area contributed by atoms with Crippen LogP contribution in [0.4, 0.5) is 5.69 Å². The average molecular weight is 326 g/mol. The van der Waals surface area contributed by atoms with Gasteiger partial charge in [0.25, 0.3) is 5.69 Å². The second-order valence-electron chi connectivity index (χ2n) is 4.13. The fourth-order valence-electron chi connectivity index (χ4n) is 1.57. The zero-order chi connectivity index (χ0) is 15.4. The summed E-state index contributed by atoms with van der Waals surface area (Å²) in [6.45, 7) is 0.0110. The molecule has 0 bridgehead atoms. The highest BCUT2D eigenvalue weighted by molar-refractivity contribution is 6.42. The summed E-state index contributed by atoms with van der Waals surface area (Å²) in [4.78, 5) is 21.8. The van der Waals surface area contributed by atoms with Crippen LogP contribution in [0, 0.1) is 10.1 Å². The minimum atomic E-state index is -0.549. The number of rotatable bonds is 4. The lowest BCUT2D eigenvalue weighted by molar-refractivity contribution is -0.384. The molecule has 0 saturated carbocycles. The van der Waals surface area contributed by atoms with E-state index in [-0.39, 0.29) is 22.9 Å². The number of nitrogens with zero attached hydrogens (tertiary/aromatic N) is 1.